The van der Waals surface area contributed by atoms with Crippen LogP contribution < -0.4 is 0 Å². The van der Waals surface area contributed by atoms with Crippen molar-refractivity contribution in [2.45, 2.75) is 13.5 Å². The van der Waals surface area contributed by atoms with E-state index in [1.54, 1.807) is 29.2 Å². The van der Waals surface area contributed by atoms with Gasteiger partial charge in [0.15, 0.2) is 0 Å². The predicted octanol–water partition coefficient (Wildman–Crippen LogP) is 4.46. The minimum Gasteiger partial charge on any atom is -0.360 e. The molecule has 4 rings (SSSR count). The molecule has 0 bridgehead atoms. The number of thiophene rings is 1. The molecule has 1 aromatic carbocycles. The number of halogens is 2. The van der Waals surface area contributed by atoms with Crippen LogP contribution in [0.4, 0.5) is 4.39 Å². The lowest BCUT2D eigenvalue weighted by molar-refractivity contribution is 0.0628. The molecule has 1 amide bonds. The van der Waals surface area contributed by atoms with Crippen molar-refractivity contribution in [2.24, 2.45) is 0 Å². The first-order valence-corrected chi connectivity index (χ1v) is 10.2. The second kappa shape index (κ2) is 8.03. The van der Waals surface area contributed by atoms with Crippen molar-refractivity contribution in [3.63, 3.8) is 0 Å². The number of hydrogen-bond acceptors (Lipinski definition) is 5. The Kier molecular flexibility index (Phi) is 5.48. The predicted molar refractivity (Wildman–Crippen MR) is 107 cm³/mol. The van der Waals surface area contributed by atoms with E-state index in [1.807, 2.05) is 6.07 Å². The van der Waals surface area contributed by atoms with Gasteiger partial charge >= 0.3 is 0 Å². The first-order chi connectivity index (χ1) is 13.5. The Balaban J connectivity index is 1.53. The smallest absolute Gasteiger partial charge is 0.259 e. The lowest BCUT2D eigenvalue weighted by Gasteiger charge is -2.34. The maximum absolute atomic E-state index is 14.4. The molecule has 8 heteroatoms. The normalized spacial score (nSPS) is 15.2. The summed E-state index contributed by atoms with van der Waals surface area (Å²) in [6, 6.07) is 8.55. The van der Waals surface area contributed by atoms with E-state index < -0.39 is 5.82 Å². The Morgan fingerprint density at radius 1 is 1.25 bits per heavy atom. The van der Waals surface area contributed by atoms with Gasteiger partial charge in [0.25, 0.3) is 5.91 Å². The van der Waals surface area contributed by atoms with Gasteiger partial charge in [-0.05, 0) is 30.5 Å². The fourth-order valence-corrected chi connectivity index (χ4v) is 4.41. The van der Waals surface area contributed by atoms with Gasteiger partial charge in [-0.25, -0.2) is 4.39 Å². The van der Waals surface area contributed by atoms with E-state index in [4.69, 9.17) is 16.1 Å². The van der Waals surface area contributed by atoms with Gasteiger partial charge in [-0.2, -0.15) is 0 Å². The minimum absolute atomic E-state index is 0.0979. The Morgan fingerprint density at radius 3 is 2.71 bits per heavy atom. The quantitative estimate of drug-likeness (QED) is 0.626. The number of rotatable bonds is 4. The van der Waals surface area contributed by atoms with Crippen molar-refractivity contribution in [3.8, 4) is 11.3 Å². The summed E-state index contributed by atoms with van der Waals surface area (Å²) in [7, 11) is 0. The van der Waals surface area contributed by atoms with Crippen molar-refractivity contribution in [1.29, 1.82) is 0 Å². The van der Waals surface area contributed by atoms with Crippen LogP contribution in [0, 0.1) is 12.7 Å². The fraction of sp³-hybridized carbons (Fsp3) is 0.300. The second-order valence-electron chi connectivity index (χ2n) is 6.71. The van der Waals surface area contributed by atoms with E-state index in [0.717, 1.165) is 19.6 Å². The lowest BCUT2D eigenvalue weighted by Crippen LogP contribution is -2.48. The van der Waals surface area contributed by atoms with E-state index >= 15 is 0 Å². The van der Waals surface area contributed by atoms with Crippen LogP contribution in [0.3, 0.4) is 0 Å². The summed E-state index contributed by atoms with van der Waals surface area (Å²) >= 11 is 7.91. The molecule has 0 unspecified atom stereocenters. The minimum atomic E-state index is -0.532. The van der Waals surface area contributed by atoms with Crippen LogP contribution in [0.2, 0.25) is 5.02 Å². The molecule has 0 N–H and O–H groups in total. The van der Waals surface area contributed by atoms with Crippen molar-refractivity contribution in [2.75, 3.05) is 26.2 Å². The maximum atomic E-state index is 14.4. The molecule has 3 heterocycles. The topological polar surface area (TPSA) is 49.6 Å². The van der Waals surface area contributed by atoms with Crippen LogP contribution in [0.5, 0.6) is 0 Å². The number of piperazine rings is 1. The number of aryl methyl sites for hydroxylation is 1. The summed E-state index contributed by atoms with van der Waals surface area (Å²) in [6.07, 6.45) is 0. The van der Waals surface area contributed by atoms with E-state index in [0.29, 0.717) is 18.8 Å². The third-order valence-electron chi connectivity index (χ3n) is 4.90. The molecule has 146 valence electrons. The number of aromatic nitrogens is 1. The van der Waals surface area contributed by atoms with Gasteiger partial charge in [0.1, 0.15) is 22.8 Å². The first kappa shape index (κ1) is 19.1. The van der Waals surface area contributed by atoms with Crippen molar-refractivity contribution < 1.29 is 13.7 Å². The van der Waals surface area contributed by atoms with E-state index in [2.05, 4.69) is 21.5 Å². The van der Waals surface area contributed by atoms with Crippen LogP contribution in [0.25, 0.3) is 11.3 Å². The van der Waals surface area contributed by atoms with Gasteiger partial charge in [0.2, 0.25) is 0 Å². The molecular weight excluding hydrogens is 401 g/mol. The van der Waals surface area contributed by atoms with E-state index in [-0.39, 0.29) is 27.8 Å². The molecule has 0 saturated carbocycles. The molecule has 0 atom stereocenters. The van der Waals surface area contributed by atoms with E-state index in [1.165, 1.54) is 17.0 Å². The highest BCUT2D eigenvalue weighted by atomic mass is 35.5. The molecule has 1 aliphatic rings. The summed E-state index contributed by atoms with van der Waals surface area (Å²) < 4.78 is 19.6. The number of hydrogen-bond donors (Lipinski definition) is 0. The van der Waals surface area contributed by atoms with Crippen molar-refractivity contribution in [3.05, 3.63) is 62.8 Å². The SMILES string of the molecule is Cc1onc(-c2c(F)cccc2Cl)c1C(=O)N1CCN(Cc2cccs2)CC1. The third kappa shape index (κ3) is 3.70. The largest absolute Gasteiger partial charge is 0.360 e. The average Bonchev–Trinajstić information content (AvgIpc) is 3.32. The Morgan fingerprint density at radius 2 is 2.04 bits per heavy atom. The van der Waals surface area contributed by atoms with Gasteiger partial charge in [-0.1, -0.05) is 28.9 Å². The van der Waals surface area contributed by atoms with Crippen LogP contribution in [0.15, 0.2) is 40.2 Å². The summed E-state index contributed by atoms with van der Waals surface area (Å²) in [5.41, 5.74) is 0.533. The highest BCUT2D eigenvalue weighted by Crippen LogP contribution is 2.34. The van der Waals surface area contributed by atoms with Gasteiger partial charge in [-0.15, -0.1) is 11.3 Å². The number of nitrogens with zero attached hydrogens (tertiary/aromatic N) is 3. The van der Waals surface area contributed by atoms with Gasteiger partial charge in [-0.3, -0.25) is 9.69 Å². The monoisotopic (exact) mass is 419 g/mol. The molecule has 3 aromatic rings. The van der Waals surface area contributed by atoms with Crippen molar-refractivity contribution >= 4 is 28.8 Å². The fourth-order valence-electron chi connectivity index (χ4n) is 3.41. The molecule has 2 aromatic heterocycles. The third-order valence-corrected chi connectivity index (χ3v) is 6.07. The van der Waals surface area contributed by atoms with Gasteiger partial charge in [0, 0.05) is 37.6 Å². The molecule has 1 aliphatic heterocycles. The molecule has 5 nitrogen and oxygen atoms in total. The Bertz CT molecular complexity index is 961. The number of carbonyl (C=O) groups is 1. The zero-order valence-corrected chi connectivity index (χ0v) is 16.9. The zero-order chi connectivity index (χ0) is 19.7. The summed E-state index contributed by atoms with van der Waals surface area (Å²) in [5.74, 6) is -0.375. The average molecular weight is 420 g/mol. The first-order valence-electron chi connectivity index (χ1n) is 8.99. The number of carbonyl (C=O) groups excluding carboxylic acids is 1. The molecule has 0 aliphatic carbocycles. The van der Waals surface area contributed by atoms with Gasteiger partial charge in [0.05, 0.1) is 10.6 Å². The van der Waals surface area contributed by atoms with Crippen LogP contribution >= 0.6 is 22.9 Å². The maximum Gasteiger partial charge on any atom is 0.259 e. The summed E-state index contributed by atoms with van der Waals surface area (Å²) in [6.45, 7) is 5.31. The molecule has 28 heavy (non-hydrogen) atoms. The van der Waals surface area contributed by atoms with Crippen LogP contribution in [-0.2, 0) is 6.54 Å². The number of amides is 1. The molecule has 1 saturated heterocycles. The Hall–Kier alpha value is -2.22. The summed E-state index contributed by atoms with van der Waals surface area (Å²) in [4.78, 5) is 18.6. The number of benzene rings is 1. The lowest BCUT2D eigenvalue weighted by atomic mass is 10.0. The van der Waals surface area contributed by atoms with Crippen molar-refractivity contribution in [1.82, 2.24) is 15.0 Å². The molecule has 1 fully saturated rings. The van der Waals surface area contributed by atoms with Gasteiger partial charge < -0.3 is 9.42 Å². The molecular formula is C20H19ClFN3O2S. The summed E-state index contributed by atoms with van der Waals surface area (Å²) in [5, 5.41) is 6.20. The highest BCUT2D eigenvalue weighted by Gasteiger charge is 2.30. The molecule has 0 radical (unpaired) electrons. The van der Waals surface area contributed by atoms with E-state index in [9.17, 15) is 9.18 Å². The van der Waals surface area contributed by atoms with Crippen LogP contribution in [0.1, 0.15) is 21.0 Å². The Labute approximate surface area is 171 Å². The zero-order valence-electron chi connectivity index (χ0n) is 15.3. The van der Waals surface area contributed by atoms with Crippen LogP contribution in [-0.4, -0.2) is 47.0 Å². The molecule has 0 spiro atoms. The highest BCUT2D eigenvalue weighted by molar-refractivity contribution is 7.09. The standard InChI is InChI=1S/C20H19ClFN3O2S/c1-13-17(19(23-27-13)18-15(21)5-2-6-16(18)22)20(26)25-9-7-24(8-10-25)12-14-4-3-11-28-14/h2-6,11H,7-10,12H2,1H3. The second-order valence-corrected chi connectivity index (χ2v) is 8.15.